The van der Waals surface area contributed by atoms with Crippen LogP contribution >= 0.6 is 0 Å². The fraction of sp³-hybridized carbons (Fsp3) is 0. The van der Waals surface area contributed by atoms with E-state index in [1.54, 1.807) is 42.5 Å². The normalized spacial score (nSPS) is 8.71. The Morgan fingerprint density at radius 3 is 1.65 bits per heavy atom. The van der Waals surface area contributed by atoms with E-state index in [1.807, 2.05) is 18.2 Å². The van der Waals surface area contributed by atoms with Gasteiger partial charge in [0.05, 0.1) is 5.56 Å². The Hall–Kier alpha value is -2.42. The van der Waals surface area contributed by atoms with Crippen molar-refractivity contribution in [3.05, 3.63) is 71.8 Å². The summed E-state index contributed by atoms with van der Waals surface area (Å²) in [5.41, 5.74) is 1.06. The molecule has 3 nitrogen and oxygen atoms in total. The lowest BCUT2D eigenvalue weighted by atomic mass is 10.2. The van der Waals surface area contributed by atoms with E-state index in [4.69, 9.17) is 5.11 Å². The molecule has 3 heteroatoms. The van der Waals surface area contributed by atoms with Crippen LogP contribution in [0.5, 0.6) is 0 Å². The molecule has 17 heavy (non-hydrogen) atoms. The molecular formula is C14H12O3. The molecule has 0 saturated heterocycles. The molecule has 0 aliphatic rings. The zero-order chi connectivity index (χ0) is 12.5. The van der Waals surface area contributed by atoms with Gasteiger partial charge in [0.15, 0.2) is 0 Å². The number of hydrogen-bond donors (Lipinski definition) is 1. The van der Waals surface area contributed by atoms with Crippen LogP contribution in [0, 0.1) is 0 Å². The smallest absolute Gasteiger partial charge is 0.335 e. The standard InChI is InChI=1S/C7H6O2.C7H6O/c8-7(9)6-4-2-1-3-5-6;8-6-7-4-2-1-3-5-7/h1-5H,(H,8,9);1-6H. The summed E-state index contributed by atoms with van der Waals surface area (Å²) in [7, 11) is 0. The quantitative estimate of drug-likeness (QED) is 0.804. The van der Waals surface area contributed by atoms with E-state index in [1.165, 1.54) is 0 Å². The molecule has 0 spiro atoms. The van der Waals surface area contributed by atoms with Crippen molar-refractivity contribution in [3.63, 3.8) is 0 Å². The number of hydrogen-bond acceptors (Lipinski definition) is 2. The average molecular weight is 228 g/mol. The molecular weight excluding hydrogens is 216 g/mol. The number of carboxylic acids is 1. The second-order valence-electron chi connectivity index (χ2n) is 3.20. The molecule has 0 radical (unpaired) electrons. The second-order valence-corrected chi connectivity index (χ2v) is 3.20. The molecule has 2 rings (SSSR count). The first-order valence-corrected chi connectivity index (χ1v) is 5.02. The fourth-order valence-electron chi connectivity index (χ4n) is 1.11. The Morgan fingerprint density at radius 1 is 0.882 bits per heavy atom. The van der Waals surface area contributed by atoms with Gasteiger partial charge in [0.1, 0.15) is 6.29 Å². The van der Waals surface area contributed by atoms with Crippen LogP contribution in [0.3, 0.4) is 0 Å². The van der Waals surface area contributed by atoms with E-state index in [0.29, 0.717) is 5.56 Å². The molecule has 0 amide bonds. The molecule has 0 heterocycles. The lowest BCUT2D eigenvalue weighted by molar-refractivity contribution is 0.0696. The van der Waals surface area contributed by atoms with Crippen LogP contribution in [-0.2, 0) is 0 Å². The van der Waals surface area contributed by atoms with Gasteiger partial charge in [-0.25, -0.2) is 4.79 Å². The van der Waals surface area contributed by atoms with Crippen LogP contribution < -0.4 is 0 Å². The minimum absolute atomic E-state index is 0.331. The van der Waals surface area contributed by atoms with Crippen molar-refractivity contribution in [2.24, 2.45) is 0 Å². The number of carbonyl (C=O) groups excluding carboxylic acids is 1. The average Bonchev–Trinajstić information content (AvgIpc) is 2.41. The van der Waals surface area contributed by atoms with E-state index >= 15 is 0 Å². The summed E-state index contributed by atoms with van der Waals surface area (Å²) < 4.78 is 0. The van der Waals surface area contributed by atoms with Crippen molar-refractivity contribution in [1.29, 1.82) is 0 Å². The van der Waals surface area contributed by atoms with Crippen LogP contribution in [0.15, 0.2) is 60.7 Å². The highest BCUT2D eigenvalue weighted by Crippen LogP contribution is 1.96. The predicted octanol–water partition coefficient (Wildman–Crippen LogP) is 2.88. The van der Waals surface area contributed by atoms with Crippen LogP contribution in [0.1, 0.15) is 20.7 Å². The molecule has 0 atom stereocenters. The summed E-state index contributed by atoms with van der Waals surface area (Å²) >= 11 is 0. The van der Waals surface area contributed by atoms with Gasteiger partial charge in [0, 0.05) is 5.56 Å². The molecule has 0 aliphatic carbocycles. The molecule has 0 saturated carbocycles. The molecule has 86 valence electrons. The first-order chi connectivity index (χ1) is 8.24. The Labute approximate surface area is 99.3 Å². The molecule has 0 aromatic heterocycles. The number of carbonyl (C=O) groups is 2. The van der Waals surface area contributed by atoms with Gasteiger partial charge >= 0.3 is 5.97 Å². The summed E-state index contributed by atoms with van der Waals surface area (Å²) in [5, 5.41) is 8.38. The summed E-state index contributed by atoms with van der Waals surface area (Å²) in [4.78, 5) is 20.2. The summed E-state index contributed by atoms with van der Waals surface area (Å²) in [6.45, 7) is 0. The van der Waals surface area contributed by atoms with Crippen LogP contribution in [0.25, 0.3) is 0 Å². The first-order valence-electron chi connectivity index (χ1n) is 5.02. The third-order valence-electron chi connectivity index (χ3n) is 1.96. The van der Waals surface area contributed by atoms with Gasteiger partial charge in [-0.3, -0.25) is 4.79 Å². The Kier molecular flexibility index (Phi) is 5.17. The predicted molar refractivity (Wildman–Crippen MR) is 65.2 cm³/mol. The Morgan fingerprint density at radius 2 is 1.35 bits per heavy atom. The van der Waals surface area contributed by atoms with Crippen LogP contribution in [0.4, 0.5) is 0 Å². The number of aromatic carboxylic acids is 1. The maximum atomic E-state index is 10.2. The summed E-state index contributed by atoms with van der Waals surface area (Å²) in [6, 6.07) is 17.4. The van der Waals surface area contributed by atoms with Crippen molar-refractivity contribution < 1.29 is 14.7 Å². The highest BCUT2D eigenvalue weighted by molar-refractivity contribution is 5.87. The minimum Gasteiger partial charge on any atom is -0.478 e. The third-order valence-corrected chi connectivity index (χ3v) is 1.96. The zero-order valence-corrected chi connectivity index (χ0v) is 9.11. The third kappa shape index (κ3) is 4.75. The molecule has 2 aromatic rings. The van der Waals surface area contributed by atoms with Crippen LogP contribution in [-0.4, -0.2) is 17.4 Å². The lowest BCUT2D eigenvalue weighted by Crippen LogP contribution is -1.93. The van der Waals surface area contributed by atoms with E-state index < -0.39 is 5.97 Å². The molecule has 2 aromatic carbocycles. The van der Waals surface area contributed by atoms with Gasteiger partial charge in [0.25, 0.3) is 0 Å². The topological polar surface area (TPSA) is 54.4 Å². The molecule has 0 aliphatic heterocycles. The van der Waals surface area contributed by atoms with Gasteiger partial charge in [-0.15, -0.1) is 0 Å². The largest absolute Gasteiger partial charge is 0.478 e. The van der Waals surface area contributed by atoms with Gasteiger partial charge < -0.3 is 5.11 Å². The molecule has 0 unspecified atom stereocenters. The van der Waals surface area contributed by atoms with Gasteiger partial charge in [0.2, 0.25) is 0 Å². The maximum absolute atomic E-state index is 10.2. The van der Waals surface area contributed by atoms with Crippen molar-refractivity contribution in [2.45, 2.75) is 0 Å². The SMILES string of the molecule is O=C(O)c1ccccc1.O=Cc1ccccc1. The molecule has 0 bridgehead atoms. The van der Waals surface area contributed by atoms with E-state index in [0.717, 1.165) is 11.8 Å². The van der Waals surface area contributed by atoms with E-state index in [9.17, 15) is 9.59 Å². The van der Waals surface area contributed by atoms with Crippen molar-refractivity contribution in [3.8, 4) is 0 Å². The van der Waals surface area contributed by atoms with E-state index in [-0.39, 0.29) is 0 Å². The highest BCUT2D eigenvalue weighted by atomic mass is 16.4. The van der Waals surface area contributed by atoms with Crippen molar-refractivity contribution >= 4 is 12.3 Å². The molecule has 0 fully saturated rings. The van der Waals surface area contributed by atoms with Gasteiger partial charge in [-0.2, -0.15) is 0 Å². The fourth-order valence-corrected chi connectivity index (χ4v) is 1.11. The monoisotopic (exact) mass is 228 g/mol. The van der Waals surface area contributed by atoms with Crippen molar-refractivity contribution in [1.82, 2.24) is 0 Å². The van der Waals surface area contributed by atoms with Gasteiger partial charge in [-0.05, 0) is 12.1 Å². The van der Waals surface area contributed by atoms with E-state index in [2.05, 4.69) is 0 Å². The summed E-state index contributed by atoms with van der Waals surface area (Å²) in [6.07, 6.45) is 0.833. The highest BCUT2D eigenvalue weighted by Gasteiger charge is 1.96. The number of aldehydes is 1. The Bertz CT molecular complexity index is 463. The van der Waals surface area contributed by atoms with Crippen molar-refractivity contribution in [2.75, 3.05) is 0 Å². The maximum Gasteiger partial charge on any atom is 0.335 e. The molecule has 1 N–H and O–H groups in total. The number of carboxylic acid groups (broad SMARTS) is 1. The second kappa shape index (κ2) is 6.95. The lowest BCUT2D eigenvalue weighted by Gasteiger charge is -1.88. The Balaban J connectivity index is 0.000000171. The minimum atomic E-state index is -0.879. The number of rotatable bonds is 2. The first kappa shape index (κ1) is 12.6. The van der Waals surface area contributed by atoms with Crippen LogP contribution in [0.2, 0.25) is 0 Å². The summed E-state index contributed by atoms with van der Waals surface area (Å²) in [5.74, 6) is -0.879. The number of benzene rings is 2. The zero-order valence-electron chi connectivity index (χ0n) is 9.11. The van der Waals surface area contributed by atoms with Gasteiger partial charge in [-0.1, -0.05) is 48.5 Å².